The Morgan fingerprint density at radius 3 is 2.52 bits per heavy atom. The van der Waals surface area contributed by atoms with Crippen molar-refractivity contribution in [3.05, 3.63) is 24.3 Å². The Balaban J connectivity index is 1.77. The molecule has 0 radical (unpaired) electrons. The van der Waals surface area contributed by atoms with Crippen LogP contribution in [0.2, 0.25) is 0 Å². The molecular formula is C14H14F3NO5. The molecule has 1 saturated heterocycles. The second-order valence-electron chi connectivity index (χ2n) is 4.73. The fourth-order valence-corrected chi connectivity index (χ4v) is 1.93. The Labute approximate surface area is 129 Å². The minimum atomic E-state index is -4.78. The molecule has 1 aromatic carbocycles. The molecule has 2 rings (SSSR count). The molecule has 0 aliphatic carbocycles. The van der Waals surface area contributed by atoms with Crippen LogP contribution in [0.1, 0.15) is 12.8 Å². The van der Waals surface area contributed by atoms with E-state index >= 15 is 0 Å². The first-order valence-corrected chi connectivity index (χ1v) is 6.77. The summed E-state index contributed by atoms with van der Waals surface area (Å²) in [5.74, 6) is -1.62. The van der Waals surface area contributed by atoms with Gasteiger partial charge in [-0.2, -0.15) is 0 Å². The van der Waals surface area contributed by atoms with Gasteiger partial charge < -0.3 is 19.5 Å². The van der Waals surface area contributed by atoms with E-state index in [0.29, 0.717) is 13.0 Å². The molecule has 126 valence electrons. The van der Waals surface area contributed by atoms with E-state index in [2.05, 4.69) is 10.1 Å². The van der Waals surface area contributed by atoms with Gasteiger partial charge in [0, 0.05) is 12.3 Å². The highest BCUT2D eigenvalue weighted by Crippen LogP contribution is 2.23. The maximum absolute atomic E-state index is 12.0. The maximum Gasteiger partial charge on any atom is 0.573 e. The number of alkyl halides is 3. The number of benzene rings is 1. The van der Waals surface area contributed by atoms with Crippen molar-refractivity contribution >= 4 is 17.6 Å². The third kappa shape index (κ3) is 5.78. The van der Waals surface area contributed by atoms with E-state index < -0.39 is 36.7 Å². The second-order valence-corrected chi connectivity index (χ2v) is 4.73. The lowest BCUT2D eigenvalue weighted by Gasteiger charge is -2.11. The third-order valence-electron chi connectivity index (χ3n) is 2.91. The molecule has 6 nitrogen and oxygen atoms in total. The molecule has 1 amide bonds. The van der Waals surface area contributed by atoms with Crippen LogP contribution in [0.4, 0.5) is 18.9 Å². The molecule has 1 N–H and O–H groups in total. The fourth-order valence-electron chi connectivity index (χ4n) is 1.93. The van der Waals surface area contributed by atoms with Crippen molar-refractivity contribution in [3.63, 3.8) is 0 Å². The maximum atomic E-state index is 12.0. The molecule has 0 spiro atoms. The Morgan fingerprint density at radius 1 is 1.26 bits per heavy atom. The zero-order valence-corrected chi connectivity index (χ0v) is 11.9. The van der Waals surface area contributed by atoms with Gasteiger partial charge in [-0.05, 0) is 37.1 Å². The SMILES string of the molecule is O=C(COC(=O)[C@@H]1CCCO1)Nc1ccc(OC(F)(F)F)cc1. The van der Waals surface area contributed by atoms with Crippen LogP contribution in [0.15, 0.2) is 24.3 Å². The molecular weight excluding hydrogens is 319 g/mol. The quantitative estimate of drug-likeness (QED) is 0.837. The van der Waals surface area contributed by atoms with Crippen molar-refractivity contribution in [2.45, 2.75) is 25.3 Å². The third-order valence-corrected chi connectivity index (χ3v) is 2.91. The van der Waals surface area contributed by atoms with Crippen LogP contribution in [-0.4, -0.2) is 37.6 Å². The van der Waals surface area contributed by atoms with Crippen LogP contribution in [0.25, 0.3) is 0 Å². The summed E-state index contributed by atoms with van der Waals surface area (Å²) in [6.07, 6.45) is -4.10. The molecule has 1 aliphatic rings. The Kier molecular flexibility index (Phi) is 5.43. The summed E-state index contributed by atoms with van der Waals surface area (Å²) >= 11 is 0. The highest BCUT2D eigenvalue weighted by atomic mass is 19.4. The average molecular weight is 333 g/mol. The molecule has 0 aromatic heterocycles. The Hall–Kier alpha value is -2.29. The molecule has 1 fully saturated rings. The first-order valence-electron chi connectivity index (χ1n) is 6.77. The summed E-state index contributed by atoms with van der Waals surface area (Å²) in [7, 11) is 0. The van der Waals surface area contributed by atoms with Gasteiger partial charge in [-0.3, -0.25) is 4.79 Å². The van der Waals surface area contributed by atoms with Gasteiger partial charge in [-0.15, -0.1) is 13.2 Å². The number of esters is 1. The molecule has 1 aromatic rings. The first kappa shape index (κ1) is 17.1. The normalized spacial score (nSPS) is 17.6. The van der Waals surface area contributed by atoms with Crippen LogP contribution in [-0.2, 0) is 19.1 Å². The van der Waals surface area contributed by atoms with Crippen LogP contribution in [0.3, 0.4) is 0 Å². The van der Waals surface area contributed by atoms with Gasteiger partial charge in [0.25, 0.3) is 5.91 Å². The van der Waals surface area contributed by atoms with Gasteiger partial charge in [0.05, 0.1) is 0 Å². The topological polar surface area (TPSA) is 73.9 Å². The van der Waals surface area contributed by atoms with Crippen molar-refractivity contribution < 1.29 is 37.0 Å². The molecule has 9 heteroatoms. The minimum Gasteiger partial charge on any atom is -0.454 e. The zero-order chi connectivity index (χ0) is 16.9. The number of halogens is 3. The van der Waals surface area contributed by atoms with Crippen molar-refractivity contribution in [2.24, 2.45) is 0 Å². The molecule has 0 saturated carbocycles. The summed E-state index contributed by atoms with van der Waals surface area (Å²) in [5.41, 5.74) is 0.248. The lowest BCUT2D eigenvalue weighted by atomic mass is 10.2. The number of amides is 1. The number of rotatable bonds is 5. The summed E-state index contributed by atoms with van der Waals surface area (Å²) in [5, 5.41) is 2.38. The van der Waals surface area contributed by atoms with Crippen molar-refractivity contribution in [3.8, 4) is 5.75 Å². The summed E-state index contributed by atoms with van der Waals surface area (Å²) < 4.78 is 49.6. The Bertz CT molecular complexity index is 553. The number of anilines is 1. The molecule has 1 heterocycles. The molecule has 0 bridgehead atoms. The number of hydrogen-bond acceptors (Lipinski definition) is 5. The highest BCUT2D eigenvalue weighted by molar-refractivity contribution is 5.93. The number of nitrogens with one attached hydrogen (secondary N) is 1. The van der Waals surface area contributed by atoms with Crippen molar-refractivity contribution in [1.29, 1.82) is 0 Å². The number of carbonyl (C=O) groups excluding carboxylic acids is 2. The van der Waals surface area contributed by atoms with E-state index in [-0.39, 0.29) is 5.69 Å². The largest absolute Gasteiger partial charge is 0.573 e. The fraction of sp³-hybridized carbons (Fsp3) is 0.429. The monoisotopic (exact) mass is 333 g/mol. The Morgan fingerprint density at radius 2 is 1.96 bits per heavy atom. The number of ether oxygens (including phenoxy) is 3. The first-order chi connectivity index (χ1) is 10.8. The molecule has 1 aliphatic heterocycles. The summed E-state index contributed by atoms with van der Waals surface area (Å²) in [6, 6.07) is 4.59. The van der Waals surface area contributed by atoms with Crippen molar-refractivity contribution in [1.82, 2.24) is 0 Å². The smallest absolute Gasteiger partial charge is 0.454 e. The number of carbonyl (C=O) groups is 2. The van der Waals surface area contributed by atoms with Crippen LogP contribution >= 0.6 is 0 Å². The van der Waals surface area contributed by atoms with Gasteiger partial charge in [0.2, 0.25) is 0 Å². The molecule has 23 heavy (non-hydrogen) atoms. The van der Waals surface area contributed by atoms with Gasteiger partial charge in [-0.25, -0.2) is 4.79 Å². The van der Waals surface area contributed by atoms with Crippen molar-refractivity contribution in [2.75, 3.05) is 18.5 Å². The van der Waals surface area contributed by atoms with E-state index in [9.17, 15) is 22.8 Å². The number of hydrogen-bond donors (Lipinski definition) is 1. The van der Waals surface area contributed by atoms with E-state index in [1.54, 1.807) is 0 Å². The molecule has 1 atom stereocenters. The van der Waals surface area contributed by atoms with E-state index in [4.69, 9.17) is 9.47 Å². The van der Waals surface area contributed by atoms with Crippen LogP contribution in [0, 0.1) is 0 Å². The van der Waals surface area contributed by atoms with E-state index in [1.807, 2.05) is 0 Å². The lowest BCUT2D eigenvalue weighted by molar-refractivity contribution is -0.274. The highest BCUT2D eigenvalue weighted by Gasteiger charge is 2.31. The second kappa shape index (κ2) is 7.32. The standard InChI is InChI=1S/C14H14F3NO5/c15-14(16,17)23-10-5-3-9(4-6-10)18-12(19)8-22-13(20)11-2-1-7-21-11/h3-6,11H,1-2,7-8H2,(H,18,19)/t11-/m0/s1. The predicted molar refractivity (Wildman–Crippen MR) is 71.7 cm³/mol. The van der Waals surface area contributed by atoms with Gasteiger partial charge >= 0.3 is 12.3 Å². The average Bonchev–Trinajstić information content (AvgIpc) is 2.99. The summed E-state index contributed by atoms with van der Waals surface area (Å²) in [4.78, 5) is 23.1. The van der Waals surface area contributed by atoms with E-state index in [1.165, 1.54) is 12.1 Å². The summed E-state index contributed by atoms with van der Waals surface area (Å²) in [6.45, 7) is -0.0161. The van der Waals surface area contributed by atoms with Gasteiger partial charge in [-0.1, -0.05) is 0 Å². The molecule has 0 unspecified atom stereocenters. The zero-order valence-electron chi connectivity index (χ0n) is 11.9. The lowest BCUT2D eigenvalue weighted by Crippen LogP contribution is -2.27. The van der Waals surface area contributed by atoms with Crippen LogP contribution in [0.5, 0.6) is 5.75 Å². The van der Waals surface area contributed by atoms with Gasteiger partial charge in [0.1, 0.15) is 5.75 Å². The minimum absolute atomic E-state index is 0.248. The predicted octanol–water partition coefficient (Wildman–Crippen LogP) is 2.25. The van der Waals surface area contributed by atoms with Crippen LogP contribution < -0.4 is 10.1 Å². The van der Waals surface area contributed by atoms with E-state index in [0.717, 1.165) is 18.6 Å². The van der Waals surface area contributed by atoms with Gasteiger partial charge in [0.15, 0.2) is 12.7 Å².